The van der Waals surface area contributed by atoms with Gasteiger partial charge in [-0.15, -0.1) is 0 Å². The van der Waals surface area contributed by atoms with E-state index in [-0.39, 0.29) is 24.5 Å². The predicted molar refractivity (Wildman–Crippen MR) is 88.4 cm³/mol. The number of nitrogens with zero attached hydrogens (tertiary/aromatic N) is 1. The van der Waals surface area contributed by atoms with Crippen molar-refractivity contribution in [1.82, 2.24) is 15.5 Å². The van der Waals surface area contributed by atoms with Crippen LogP contribution in [-0.4, -0.2) is 41.0 Å². The van der Waals surface area contributed by atoms with E-state index in [0.29, 0.717) is 11.4 Å². The third-order valence-corrected chi connectivity index (χ3v) is 4.05. The Balaban J connectivity index is 2.09. The summed E-state index contributed by atoms with van der Waals surface area (Å²) in [5, 5.41) is 19.2. The van der Waals surface area contributed by atoms with E-state index in [1.165, 1.54) is 0 Å². The van der Waals surface area contributed by atoms with Crippen LogP contribution in [-0.2, 0) is 0 Å². The van der Waals surface area contributed by atoms with Crippen LogP contribution in [0.4, 0.5) is 0 Å². The first-order valence-corrected chi connectivity index (χ1v) is 7.70. The Morgan fingerprint density at radius 3 is 2.65 bits per heavy atom. The van der Waals surface area contributed by atoms with Gasteiger partial charge in [-0.25, -0.2) is 0 Å². The fourth-order valence-electron chi connectivity index (χ4n) is 2.25. The number of H-pyrrole nitrogens is 1. The highest BCUT2D eigenvalue weighted by Gasteiger charge is 2.19. The van der Waals surface area contributed by atoms with Crippen molar-refractivity contribution in [2.45, 2.75) is 26.3 Å². The topological polar surface area (TPSA) is 87.2 Å². The molecule has 23 heavy (non-hydrogen) atoms. The Kier molecular flexibility index (Phi) is 5.76. The number of amides is 1. The third-order valence-electron chi connectivity index (χ3n) is 4.05. The molecular formula is C17H23N3O3. The molecule has 0 saturated heterocycles. The monoisotopic (exact) mass is 317 g/mol. The number of hydrogen-bond acceptors (Lipinski definition) is 4. The highest BCUT2D eigenvalue weighted by atomic mass is 16.5. The lowest BCUT2D eigenvalue weighted by atomic mass is 10.00. The number of nitrogens with one attached hydrogen (secondary N) is 2. The molecule has 0 saturated carbocycles. The molecule has 6 nitrogen and oxygen atoms in total. The number of carbonyl (C=O) groups excluding carboxylic acids is 1. The molecule has 1 amide bonds. The van der Waals surface area contributed by atoms with E-state index in [0.717, 1.165) is 17.7 Å². The zero-order valence-corrected chi connectivity index (χ0v) is 13.7. The smallest absolute Gasteiger partial charge is 0.269 e. The number of hydrogen-bond donors (Lipinski definition) is 3. The zero-order chi connectivity index (χ0) is 16.8. The first-order valence-electron chi connectivity index (χ1n) is 7.70. The SMILES string of the molecule is CC[C@@H](C)[C@@H](CO)NC(=O)c1cc(-c2ccc(OC)cc2)n[nH]1. The molecule has 0 spiro atoms. The van der Waals surface area contributed by atoms with Crippen molar-refractivity contribution >= 4 is 5.91 Å². The summed E-state index contributed by atoms with van der Waals surface area (Å²) in [5.74, 6) is 0.700. The van der Waals surface area contributed by atoms with E-state index in [9.17, 15) is 9.90 Å². The molecular weight excluding hydrogens is 294 g/mol. The van der Waals surface area contributed by atoms with Crippen molar-refractivity contribution < 1.29 is 14.6 Å². The van der Waals surface area contributed by atoms with Crippen molar-refractivity contribution in [2.24, 2.45) is 5.92 Å². The fourth-order valence-corrected chi connectivity index (χ4v) is 2.25. The summed E-state index contributed by atoms with van der Waals surface area (Å²) in [4.78, 5) is 12.3. The predicted octanol–water partition coefficient (Wildman–Crippen LogP) is 2.22. The second-order valence-corrected chi connectivity index (χ2v) is 5.54. The molecule has 0 aliphatic rings. The third kappa shape index (κ3) is 4.10. The lowest BCUT2D eigenvalue weighted by Crippen LogP contribution is -2.42. The highest BCUT2D eigenvalue weighted by molar-refractivity contribution is 5.93. The molecule has 0 radical (unpaired) electrons. The molecule has 0 aliphatic heterocycles. The average Bonchev–Trinajstić information content (AvgIpc) is 3.09. The summed E-state index contributed by atoms with van der Waals surface area (Å²) in [6, 6.07) is 8.88. The van der Waals surface area contributed by atoms with Crippen LogP contribution in [0.1, 0.15) is 30.8 Å². The van der Waals surface area contributed by atoms with E-state index in [1.54, 1.807) is 13.2 Å². The Morgan fingerprint density at radius 2 is 2.09 bits per heavy atom. The minimum Gasteiger partial charge on any atom is -0.497 e. The van der Waals surface area contributed by atoms with Gasteiger partial charge in [0.2, 0.25) is 0 Å². The second-order valence-electron chi connectivity index (χ2n) is 5.54. The Hall–Kier alpha value is -2.34. The molecule has 1 aromatic carbocycles. The van der Waals surface area contributed by atoms with E-state index < -0.39 is 0 Å². The zero-order valence-electron chi connectivity index (χ0n) is 13.7. The molecule has 6 heteroatoms. The summed E-state index contributed by atoms with van der Waals surface area (Å²) in [6.45, 7) is 3.94. The first-order chi connectivity index (χ1) is 11.1. The molecule has 1 aromatic heterocycles. The molecule has 0 bridgehead atoms. The van der Waals surface area contributed by atoms with E-state index in [1.807, 2.05) is 38.1 Å². The minimum absolute atomic E-state index is 0.0831. The first kappa shape index (κ1) is 17.0. The van der Waals surface area contributed by atoms with E-state index >= 15 is 0 Å². The van der Waals surface area contributed by atoms with Gasteiger partial charge in [-0.2, -0.15) is 5.10 Å². The van der Waals surface area contributed by atoms with Crippen molar-refractivity contribution in [1.29, 1.82) is 0 Å². The Labute approximate surface area is 135 Å². The standard InChI is InChI=1S/C17H23N3O3/c1-4-11(2)16(10-21)18-17(22)15-9-14(19-20-15)12-5-7-13(23-3)8-6-12/h5-9,11,16,21H,4,10H2,1-3H3,(H,18,22)(H,19,20)/t11-,16-/m1/s1. The van der Waals surface area contributed by atoms with Gasteiger partial charge in [-0.1, -0.05) is 20.3 Å². The van der Waals surface area contributed by atoms with Crippen molar-refractivity contribution in [3.63, 3.8) is 0 Å². The van der Waals surface area contributed by atoms with Crippen LogP contribution in [0, 0.1) is 5.92 Å². The second kappa shape index (κ2) is 7.78. The molecule has 2 rings (SSSR count). The van der Waals surface area contributed by atoms with Gasteiger partial charge in [0.15, 0.2) is 0 Å². The molecule has 3 N–H and O–H groups in total. The maximum absolute atomic E-state index is 12.3. The van der Waals surface area contributed by atoms with Crippen molar-refractivity contribution in [2.75, 3.05) is 13.7 Å². The number of benzene rings is 1. The summed E-state index contributed by atoms with van der Waals surface area (Å²) in [7, 11) is 1.61. The minimum atomic E-state index is -0.267. The quantitative estimate of drug-likeness (QED) is 0.731. The van der Waals surface area contributed by atoms with Crippen molar-refractivity contribution in [3.8, 4) is 17.0 Å². The highest BCUT2D eigenvalue weighted by Crippen LogP contribution is 2.21. The van der Waals surface area contributed by atoms with Crippen LogP contribution >= 0.6 is 0 Å². The molecule has 0 aliphatic carbocycles. The summed E-state index contributed by atoms with van der Waals surface area (Å²) in [5.41, 5.74) is 1.95. The molecule has 2 aromatic rings. The average molecular weight is 317 g/mol. The number of aromatic amines is 1. The normalized spacial score (nSPS) is 13.4. The van der Waals surface area contributed by atoms with Crippen LogP contribution in [0.5, 0.6) is 5.75 Å². The van der Waals surface area contributed by atoms with Gasteiger partial charge in [0, 0.05) is 5.56 Å². The fraction of sp³-hybridized carbons (Fsp3) is 0.412. The molecule has 1 heterocycles. The molecule has 124 valence electrons. The lowest BCUT2D eigenvalue weighted by molar-refractivity contribution is 0.0886. The number of aliphatic hydroxyl groups is 1. The number of rotatable bonds is 7. The number of ether oxygens (including phenoxy) is 1. The summed E-state index contributed by atoms with van der Waals surface area (Å²) in [6.07, 6.45) is 0.881. The maximum Gasteiger partial charge on any atom is 0.269 e. The molecule has 0 fully saturated rings. The maximum atomic E-state index is 12.3. The van der Waals surface area contributed by atoms with Gasteiger partial charge in [0.1, 0.15) is 11.4 Å². The van der Waals surface area contributed by atoms with E-state index in [2.05, 4.69) is 15.5 Å². The van der Waals surface area contributed by atoms with Crippen LogP contribution in [0.3, 0.4) is 0 Å². The number of methoxy groups -OCH3 is 1. The van der Waals surface area contributed by atoms with Gasteiger partial charge in [-0.3, -0.25) is 9.89 Å². The van der Waals surface area contributed by atoms with Gasteiger partial charge in [0.25, 0.3) is 5.91 Å². The number of carbonyl (C=O) groups is 1. The van der Waals surface area contributed by atoms with Crippen LogP contribution in [0.25, 0.3) is 11.3 Å². The van der Waals surface area contributed by atoms with Crippen LogP contribution in [0.2, 0.25) is 0 Å². The van der Waals surface area contributed by atoms with Crippen LogP contribution < -0.4 is 10.1 Å². The Bertz CT molecular complexity index is 637. The largest absolute Gasteiger partial charge is 0.497 e. The summed E-state index contributed by atoms with van der Waals surface area (Å²) >= 11 is 0. The number of aromatic nitrogens is 2. The molecule has 0 unspecified atom stereocenters. The Morgan fingerprint density at radius 1 is 1.39 bits per heavy atom. The van der Waals surface area contributed by atoms with Crippen LogP contribution in [0.15, 0.2) is 30.3 Å². The van der Waals surface area contributed by atoms with E-state index in [4.69, 9.17) is 4.74 Å². The van der Waals surface area contributed by atoms with Gasteiger partial charge >= 0.3 is 0 Å². The van der Waals surface area contributed by atoms with Gasteiger partial charge in [0.05, 0.1) is 25.5 Å². The van der Waals surface area contributed by atoms with Crippen molar-refractivity contribution in [3.05, 3.63) is 36.0 Å². The van der Waals surface area contributed by atoms with Gasteiger partial charge in [-0.05, 0) is 36.2 Å². The summed E-state index contributed by atoms with van der Waals surface area (Å²) < 4.78 is 5.12. The van der Waals surface area contributed by atoms with Gasteiger partial charge < -0.3 is 15.2 Å². The lowest BCUT2D eigenvalue weighted by Gasteiger charge is -2.21. The number of aliphatic hydroxyl groups excluding tert-OH is 1. The molecule has 2 atom stereocenters.